The first-order valence-electron chi connectivity index (χ1n) is 12.4. The Bertz CT molecular complexity index is 1460. The first kappa shape index (κ1) is 27.0. The highest BCUT2D eigenvalue weighted by Gasteiger charge is 2.12. The predicted molar refractivity (Wildman–Crippen MR) is 148 cm³/mol. The van der Waals surface area contributed by atoms with E-state index in [2.05, 4.69) is 5.32 Å². The molecule has 4 aromatic rings. The van der Waals surface area contributed by atoms with Gasteiger partial charge in [-0.05, 0) is 78.2 Å². The molecule has 4 rings (SSSR count). The van der Waals surface area contributed by atoms with Crippen molar-refractivity contribution in [2.45, 2.75) is 20.1 Å². The normalized spacial score (nSPS) is 10.8. The van der Waals surface area contributed by atoms with E-state index in [-0.39, 0.29) is 18.0 Å². The molecular weight excluding hydrogens is 495 g/mol. The first-order valence-corrected chi connectivity index (χ1v) is 12.4. The minimum absolute atomic E-state index is 0.0677. The molecule has 0 aromatic heterocycles. The van der Waals surface area contributed by atoms with Crippen molar-refractivity contribution in [1.29, 1.82) is 5.26 Å². The van der Waals surface area contributed by atoms with Crippen molar-refractivity contribution in [3.63, 3.8) is 0 Å². The third-order valence-corrected chi connectivity index (χ3v) is 5.61. The zero-order chi connectivity index (χ0) is 27.5. The number of nitrogens with zero attached hydrogens (tertiary/aromatic N) is 1. The number of benzene rings is 4. The van der Waals surface area contributed by atoms with E-state index in [4.69, 9.17) is 14.2 Å². The van der Waals surface area contributed by atoms with Crippen LogP contribution in [-0.2, 0) is 18.0 Å². The maximum atomic E-state index is 13.1. The molecule has 39 heavy (non-hydrogen) atoms. The number of rotatable bonds is 11. The van der Waals surface area contributed by atoms with Crippen LogP contribution in [0.25, 0.3) is 6.08 Å². The summed E-state index contributed by atoms with van der Waals surface area (Å²) in [6.45, 7) is 2.92. The average molecular weight is 523 g/mol. The van der Waals surface area contributed by atoms with E-state index in [9.17, 15) is 14.4 Å². The van der Waals surface area contributed by atoms with Crippen molar-refractivity contribution >= 4 is 17.7 Å². The lowest BCUT2D eigenvalue weighted by atomic mass is 10.1. The highest BCUT2D eigenvalue weighted by Crippen LogP contribution is 2.30. The van der Waals surface area contributed by atoms with Crippen molar-refractivity contribution in [1.82, 2.24) is 0 Å². The number of nitriles is 1. The molecule has 196 valence electrons. The number of carbonyl (C=O) groups excluding carboxylic acids is 1. The number of halogens is 1. The summed E-state index contributed by atoms with van der Waals surface area (Å²) >= 11 is 0. The Morgan fingerprint density at radius 1 is 0.846 bits per heavy atom. The van der Waals surface area contributed by atoms with Crippen LogP contribution in [0, 0.1) is 17.1 Å². The maximum absolute atomic E-state index is 13.1. The Kier molecular flexibility index (Phi) is 9.30. The van der Waals surface area contributed by atoms with Gasteiger partial charge in [-0.1, -0.05) is 48.5 Å². The molecule has 1 amide bonds. The highest BCUT2D eigenvalue weighted by atomic mass is 19.1. The van der Waals surface area contributed by atoms with Gasteiger partial charge in [0.05, 0.1) is 6.61 Å². The minimum Gasteiger partial charge on any atom is -0.490 e. The van der Waals surface area contributed by atoms with Crippen LogP contribution in [0.1, 0.15) is 23.6 Å². The summed E-state index contributed by atoms with van der Waals surface area (Å²) in [4.78, 5) is 12.8. The molecule has 0 aliphatic carbocycles. The number of ether oxygens (including phenoxy) is 3. The molecular formula is C32H27FN2O4. The van der Waals surface area contributed by atoms with E-state index in [0.717, 1.165) is 11.1 Å². The molecule has 0 radical (unpaired) electrons. The molecule has 0 saturated carbocycles. The molecule has 0 aliphatic heterocycles. The van der Waals surface area contributed by atoms with Crippen LogP contribution in [0.5, 0.6) is 17.2 Å². The number of carbonyl (C=O) groups is 1. The second-order valence-electron chi connectivity index (χ2n) is 8.48. The Balaban J connectivity index is 1.40. The average Bonchev–Trinajstić information content (AvgIpc) is 2.96. The molecule has 0 saturated heterocycles. The number of amides is 1. The third kappa shape index (κ3) is 7.94. The summed E-state index contributed by atoms with van der Waals surface area (Å²) in [6.07, 6.45) is 1.49. The molecule has 0 aliphatic rings. The summed E-state index contributed by atoms with van der Waals surface area (Å²) in [7, 11) is 0. The topological polar surface area (TPSA) is 80.6 Å². The predicted octanol–water partition coefficient (Wildman–Crippen LogP) is 6.93. The van der Waals surface area contributed by atoms with Gasteiger partial charge in [0.15, 0.2) is 11.5 Å². The second kappa shape index (κ2) is 13.5. The van der Waals surface area contributed by atoms with Crippen LogP contribution in [0.4, 0.5) is 10.1 Å². The third-order valence-electron chi connectivity index (χ3n) is 5.61. The largest absolute Gasteiger partial charge is 0.490 e. The summed E-state index contributed by atoms with van der Waals surface area (Å²) in [5, 5.41) is 12.4. The molecule has 0 heterocycles. The number of nitrogens with one attached hydrogen (secondary N) is 1. The Morgan fingerprint density at radius 3 is 2.23 bits per heavy atom. The lowest BCUT2D eigenvalue weighted by molar-refractivity contribution is -0.112. The monoisotopic (exact) mass is 522 g/mol. The van der Waals surface area contributed by atoms with Crippen LogP contribution < -0.4 is 19.5 Å². The van der Waals surface area contributed by atoms with Gasteiger partial charge in [-0.15, -0.1) is 0 Å². The summed E-state index contributed by atoms with van der Waals surface area (Å²) < 4.78 is 30.5. The van der Waals surface area contributed by atoms with Crippen LogP contribution >= 0.6 is 0 Å². The van der Waals surface area contributed by atoms with Gasteiger partial charge in [0.25, 0.3) is 5.91 Å². The fourth-order valence-corrected chi connectivity index (χ4v) is 3.63. The fraction of sp³-hybridized carbons (Fsp3) is 0.125. The van der Waals surface area contributed by atoms with Gasteiger partial charge in [0.2, 0.25) is 0 Å². The molecule has 0 spiro atoms. The van der Waals surface area contributed by atoms with E-state index in [1.54, 1.807) is 54.6 Å². The van der Waals surface area contributed by atoms with Crippen molar-refractivity contribution in [2.24, 2.45) is 0 Å². The van der Waals surface area contributed by atoms with Gasteiger partial charge in [0.1, 0.15) is 36.4 Å². The van der Waals surface area contributed by atoms with E-state index in [0.29, 0.717) is 41.7 Å². The quantitative estimate of drug-likeness (QED) is 0.171. The van der Waals surface area contributed by atoms with Crippen molar-refractivity contribution in [2.75, 3.05) is 11.9 Å². The van der Waals surface area contributed by atoms with E-state index >= 15 is 0 Å². The van der Waals surface area contributed by atoms with Gasteiger partial charge in [0, 0.05) is 5.69 Å². The molecule has 0 bridgehead atoms. The van der Waals surface area contributed by atoms with Gasteiger partial charge in [-0.3, -0.25) is 4.79 Å². The van der Waals surface area contributed by atoms with Crippen LogP contribution in [-0.4, -0.2) is 12.5 Å². The lowest BCUT2D eigenvalue weighted by Gasteiger charge is -2.13. The van der Waals surface area contributed by atoms with E-state index < -0.39 is 5.91 Å². The Labute approximate surface area is 226 Å². The van der Waals surface area contributed by atoms with Crippen molar-refractivity contribution in [3.8, 4) is 23.3 Å². The molecule has 6 nitrogen and oxygen atoms in total. The number of hydrogen-bond donors (Lipinski definition) is 1. The molecule has 0 unspecified atom stereocenters. The standard InChI is InChI=1S/C32H27FN2O4/c1-2-37-31-19-25(10-17-30(31)39-22-24-8-11-27(33)12-9-24)18-26(20-34)32(36)35-28-13-15-29(16-14-28)38-21-23-6-4-3-5-7-23/h3-19H,2,21-22H2,1H3,(H,35,36)/b26-18+. The lowest BCUT2D eigenvalue weighted by Crippen LogP contribution is -2.13. The van der Waals surface area contributed by atoms with Crippen LogP contribution in [0.3, 0.4) is 0 Å². The van der Waals surface area contributed by atoms with E-state index in [1.807, 2.05) is 43.3 Å². The number of anilines is 1. The SMILES string of the molecule is CCOc1cc(/C=C(\C#N)C(=O)Nc2ccc(OCc3ccccc3)cc2)ccc1OCc1ccc(F)cc1. The van der Waals surface area contributed by atoms with Crippen molar-refractivity contribution < 1.29 is 23.4 Å². The molecule has 0 fully saturated rings. The van der Waals surface area contributed by atoms with Gasteiger partial charge >= 0.3 is 0 Å². The molecule has 0 atom stereocenters. The van der Waals surface area contributed by atoms with Gasteiger partial charge in [-0.25, -0.2) is 4.39 Å². The van der Waals surface area contributed by atoms with Gasteiger partial charge in [-0.2, -0.15) is 5.26 Å². The smallest absolute Gasteiger partial charge is 0.266 e. The summed E-state index contributed by atoms with van der Waals surface area (Å²) in [6, 6.07) is 29.9. The zero-order valence-electron chi connectivity index (χ0n) is 21.4. The highest BCUT2D eigenvalue weighted by molar-refractivity contribution is 6.09. The van der Waals surface area contributed by atoms with Gasteiger partial charge < -0.3 is 19.5 Å². The molecule has 7 heteroatoms. The summed E-state index contributed by atoms with van der Waals surface area (Å²) in [5.74, 6) is 0.781. The Morgan fingerprint density at radius 2 is 1.54 bits per heavy atom. The Hall–Kier alpha value is -5.09. The maximum Gasteiger partial charge on any atom is 0.266 e. The minimum atomic E-state index is -0.537. The van der Waals surface area contributed by atoms with Crippen LogP contribution in [0.15, 0.2) is 103 Å². The van der Waals surface area contributed by atoms with Crippen LogP contribution in [0.2, 0.25) is 0 Å². The second-order valence-corrected chi connectivity index (χ2v) is 8.48. The van der Waals surface area contributed by atoms with E-state index in [1.165, 1.54) is 18.2 Å². The number of hydrogen-bond acceptors (Lipinski definition) is 5. The first-order chi connectivity index (χ1) is 19.0. The van der Waals surface area contributed by atoms with Crippen molar-refractivity contribution in [3.05, 3.63) is 125 Å². The summed E-state index contributed by atoms with van der Waals surface area (Å²) in [5.41, 5.74) is 2.93. The molecule has 1 N–H and O–H groups in total. The molecule has 4 aromatic carbocycles. The zero-order valence-corrected chi connectivity index (χ0v) is 21.4. The fourth-order valence-electron chi connectivity index (χ4n) is 3.63.